The van der Waals surface area contributed by atoms with E-state index in [2.05, 4.69) is 6.07 Å². The lowest BCUT2D eigenvalue weighted by Gasteiger charge is -2.30. The summed E-state index contributed by atoms with van der Waals surface area (Å²) in [5.74, 6) is 1.22. The zero-order chi connectivity index (χ0) is 20.9. The highest BCUT2D eigenvalue weighted by Crippen LogP contribution is 2.32. The SMILES string of the molecule is N#Cc1ccc(C=CC(=O)N2CCC(C(=O)c3ccc4c(c3)OCCO4)CC2)cc1. The number of rotatable bonds is 4. The largest absolute Gasteiger partial charge is 0.486 e. The van der Waals surface area contributed by atoms with Crippen molar-refractivity contribution in [3.63, 3.8) is 0 Å². The summed E-state index contributed by atoms with van der Waals surface area (Å²) < 4.78 is 11.1. The molecule has 6 heteroatoms. The summed E-state index contributed by atoms with van der Waals surface area (Å²) >= 11 is 0. The second-order valence-electron chi connectivity index (χ2n) is 7.39. The molecule has 1 amide bonds. The maximum absolute atomic E-state index is 12.9. The summed E-state index contributed by atoms with van der Waals surface area (Å²) in [6.07, 6.45) is 4.58. The Morgan fingerprint density at radius 1 is 1.00 bits per heavy atom. The Hall–Kier alpha value is -3.59. The van der Waals surface area contributed by atoms with E-state index in [1.807, 2.05) is 0 Å². The quantitative estimate of drug-likeness (QED) is 0.578. The third-order valence-electron chi connectivity index (χ3n) is 5.46. The number of amides is 1. The number of hydrogen-bond donors (Lipinski definition) is 0. The molecule has 0 unspecified atom stereocenters. The molecule has 2 aromatic rings. The standard InChI is InChI=1S/C24H22N2O4/c25-16-18-3-1-17(2-4-18)5-8-23(27)26-11-9-19(10-12-26)24(28)20-6-7-21-22(15-20)30-14-13-29-21/h1-8,15,19H,9-14H2. The molecule has 0 N–H and O–H groups in total. The van der Waals surface area contributed by atoms with E-state index in [4.69, 9.17) is 14.7 Å². The minimum atomic E-state index is -0.0980. The summed E-state index contributed by atoms with van der Waals surface area (Å²) in [6, 6.07) is 14.5. The number of piperidine rings is 1. The van der Waals surface area contributed by atoms with E-state index >= 15 is 0 Å². The van der Waals surface area contributed by atoms with Gasteiger partial charge in [0.2, 0.25) is 5.91 Å². The van der Waals surface area contributed by atoms with Gasteiger partial charge < -0.3 is 14.4 Å². The highest BCUT2D eigenvalue weighted by Gasteiger charge is 2.28. The van der Waals surface area contributed by atoms with E-state index in [0.717, 1.165) is 5.56 Å². The van der Waals surface area contributed by atoms with E-state index in [0.29, 0.717) is 61.8 Å². The Labute approximate surface area is 175 Å². The van der Waals surface area contributed by atoms with Crippen molar-refractivity contribution in [3.05, 3.63) is 65.2 Å². The number of carbonyl (C=O) groups is 2. The molecule has 2 aromatic carbocycles. The molecule has 1 fully saturated rings. The molecule has 6 nitrogen and oxygen atoms in total. The molecule has 1 saturated heterocycles. The third-order valence-corrected chi connectivity index (χ3v) is 5.46. The normalized spacial score (nSPS) is 16.3. The topological polar surface area (TPSA) is 79.6 Å². The fraction of sp³-hybridized carbons (Fsp3) is 0.292. The monoisotopic (exact) mass is 402 g/mol. The van der Waals surface area contributed by atoms with Crippen LogP contribution in [0.3, 0.4) is 0 Å². The first-order chi connectivity index (χ1) is 14.6. The maximum atomic E-state index is 12.9. The van der Waals surface area contributed by atoms with Crippen LogP contribution in [0.5, 0.6) is 11.5 Å². The van der Waals surface area contributed by atoms with Crippen LogP contribution in [0.4, 0.5) is 0 Å². The van der Waals surface area contributed by atoms with Gasteiger partial charge in [0, 0.05) is 30.6 Å². The fourth-order valence-electron chi connectivity index (χ4n) is 3.74. The lowest BCUT2D eigenvalue weighted by molar-refractivity contribution is -0.127. The molecule has 0 bridgehead atoms. The van der Waals surface area contributed by atoms with Gasteiger partial charge in [-0.3, -0.25) is 9.59 Å². The Bertz CT molecular complexity index is 1010. The zero-order valence-electron chi connectivity index (χ0n) is 16.5. The number of nitriles is 1. The van der Waals surface area contributed by atoms with Crippen LogP contribution in [0, 0.1) is 17.2 Å². The molecule has 2 aliphatic rings. The van der Waals surface area contributed by atoms with E-state index in [-0.39, 0.29) is 17.6 Å². The average molecular weight is 402 g/mol. The van der Waals surface area contributed by atoms with Crippen molar-refractivity contribution < 1.29 is 19.1 Å². The smallest absolute Gasteiger partial charge is 0.246 e. The molecule has 0 aliphatic carbocycles. The second-order valence-corrected chi connectivity index (χ2v) is 7.39. The predicted octanol–water partition coefficient (Wildman–Crippen LogP) is 3.46. The van der Waals surface area contributed by atoms with Gasteiger partial charge in [-0.25, -0.2) is 0 Å². The van der Waals surface area contributed by atoms with Crippen LogP contribution < -0.4 is 9.47 Å². The predicted molar refractivity (Wildman–Crippen MR) is 111 cm³/mol. The van der Waals surface area contributed by atoms with Crippen LogP contribution in [-0.2, 0) is 4.79 Å². The van der Waals surface area contributed by atoms with Gasteiger partial charge in [0.25, 0.3) is 0 Å². The second kappa shape index (κ2) is 8.83. The van der Waals surface area contributed by atoms with E-state index in [1.165, 1.54) is 0 Å². The molecule has 0 spiro atoms. The van der Waals surface area contributed by atoms with Gasteiger partial charge in [-0.15, -0.1) is 0 Å². The summed E-state index contributed by atoms with van der Waals surface area (Å²) in [6.45, 7) is 2.11. The molecule has 152 valence electrons. The van der Waals surface area contributed by atoms with Crippen molar-refractivity contribution in [2.45, 2.75) is 12.8 Å². The van der Waals surface area contributed by atoms with Crippen molar-refractivity contribution in [1.29, 1.82) is 5.26 Å². The number of carbonyl (C=O) groups excluding carboxylic acids is 2. The van der Waals surface area contributed by atoms with Gasteiger partial charge in [0.1, 0.15) is 13.2 Å². The minimum Gasteiger partial charge on any atom is -0.486 e. The van der Waals surface area contributed by atoms with Gasteiger partial charge in [0.05, 0.1) is 11.6 Å². The van der Waals surface area contributed by atoms with Crippen molar-refractivity contribution in [3.8, 4) is 17.6 Å². The van der Waals surface area contributed by atoms with Gasteiger partial charge in [-0.2, -0.15) is 5.26 Å². The maximum Gasteiger partial charge on any atom is 0.246 e. The highest BCUT2D eigenvalue weighted by atomic mass is 16.6. The number of likely N-dealkylation sites (tertiary alicyclic amines) is 1. The number of ketones is 1. The molecule has 2 aliphatic heterocycles. The summed E-state index contributed by atoms with van der Waals surface area (Å²) in [5, 5.41) is 8.84. The number of Topliss-reactive ketones (excluding diaryl/α,β-unsaturated/α-hetero) is 1. The molecular weight excluding hydrogens is 380 g/mol. The fourth-order valence-corrected chi connectivity index (χ4v) is 3.74. The van der Waals surface area contributed by atoms with Crippen molar-refractivity contribution in [2.24, 2.45) is 5.92 Å². The van der Waals surface area contributed by atoms with Gasteiger partial charge in [-0.05, 0) is 54.8 Å². The Morgan fingerprint density at radius 2 is 1.70 bits per heavy atom. The molecule has 0 saturated carbocycles. The van der Waals surface area contributed by atoms with Crippen LogP contribution in [0.1, 0.15) is 34.3 Å². The van der Waals surface area contributed by atoms with Crippen LogP contribution in [0.2, 0.25) is 0 Å². The van der Waals surface area contributed by atoms with E-state index < -0.39 is 0 Å². The lowest BCUT2D eigenvalue weighted by Crippen LogP contribution is -2.39. The number of fused-ring (bicyclic) bond motifs is 1. The van der Waals surface area contributed by atoms with Gasteiger partial charge in [-0.1, -0.05) is 12.1 Å². The summed E-state index contributed by atoms with van der Waals surface area (Å²) in [4.78, 5) is 27.1. The first-order valence-electron chi connectivity index (χ1n) is 10.0. The van der Waals surface area contributed by atoms with Gasteiger partial charge >= 0.3 is 0 Å². The molecular formula is C24H22N2O4. The van der Waals surface area contributed by atoms with E-state index in [1.54, 1.807) is 59.5 Å². The van der Waals surface area contributed by atoms with Crippen molar-refractivity contribution in [1.82, 2.24) is 4.90 Å². The molecule has 0 atom stereocenters. The van der Waals surface area contributed by atoms with Crippen molar-refractivity contribution in [2.75, 3.05) is 26.3 Å². The van der Waals surface area contributed by atoms with Crippen LogP contribution in [0.25, 0.3) is 6.08 Å². The van der Waals surface area contributed by atoms with Crippen LogP contribution >= 0.6 is 0 Å². The third kappa shape index (κ3) is 4.36. The molecule has 0 aromatic heterocycles. The molecule has 30 heavy (non-hydrogen) atoms. The summed E-state index contributed by atoms with van der Waals surface area (Å²) in [7, 11) is 0. The first kappa shape index (κ1) is 19.7. The van der Waals surface area contributed by atoms with Crippen LogP contribution in [-0.4, -0.2) is 42.9 Å². The Morgan fingerprint density at radius 3 is 2.40 bits per heavy atom. The zero-order valence-corrected chi connectivity index (χ0v) is 16.5. The Balaban J connectivity index is 1.33. The molecule has 2 heterocycles. The van der Waals surface area contributed by atoms with Gasteiger partial charge in [0.15, 0.2) is 17.3 Å². The molecule has 4 rings (SSSR count). The minimum absolute atomic E-state index is 0.0652. The van der Waals surface area contributed by atoms with Crippen LogP contribution in [0.15, 0.2) is 48.5 Å². The van der Waals surface area contributed by atoms with E-state index in [9.17, 15) is 9.59 Å². The average Bonchev–Trinajstić information content (AvgIpc) is 2.82. The first-order valence-corrected chi connectivity index (χ1v) is 10.0. The number of benzene rings is 2. The highest BCUT2D eigenvalue weighted by molar-refractivity contribution is 5.99. The molecule has 0 radical (unpaired) electrons. The lowest BCUT2D eigenvalue weighted by atomic mass is 9.88. The summed E-state index contributed by atoms with van der Waals surface area (Å²) in [5.41, 5.74) is 2.08. The Kier molecular flexibility index (Phi) is 5.80. The number of ether oxygens (including phenoxy) is 2. The van der Waals surface area contributed by atoms with Crippen molar-refractivity contribution >= 4 is 17.8 Å². The number of hydrogen-bond acceptors (Lipinski definition) is 5. The number of nitrogens with zero attached hydrogens (tertiary/aromatic N) is 2.